The number of carboxylic acids is 1. The number of amides is 6. The van der Waals surface area contributed by atoms with Gasteiger partial charge in [-0.1, -0.05) is 93.7 Å². The maximum absolute atomic E-state index is 14.6. The fourth-order valence-electron chi connectivity index (χ4n) is 10.3. The summed E-state index contributed by atoms with van der Waals surface area (Å²) in [5.41, 5.74) is 0.772. The van der Waals surface area contributed by atoms with E-state index in [1.807, 2.05) is 45.9 Å². The lowest BCUT2D eigenvalue weighted by molar-refractivity contribution is -0.149. The van der Waals surface area contributed by atoms with E-state index in [-0.39, 0.29) is 71.5 Å². The molecule has 1 aromatic rings. The van der Waals surface area contributed by atoms with Crippen LogP contribution in [0.25, 0.3) is 0 Å². The van der Waals surface area contributed by atoms with Crippen molar-refractivity contribution in [2.75, 3.05) is 39.7 Å². The number of likely N-dealkylation sites (N-methyl/N-ethyl adjacent to an activating group) is 1. The fourth-order valence-corrected chi connectivity index (χ4v) is 10.5. The van der Waals surface area contributed by atoms with Gasteiger partial charge in [0.05, 0.1) is 42.0 Å². The van der Waals surface area contributed by atoms with Gasteiger partial charge in [-0.3, -0.25) is 28.8 Å². The van der Waals surface area contributed by atoms with Crippen molar-refractivity contribution >= 4 is 57.3 Å². The van der Waals surface area contributed by atoms with Crippen molar-refractivity contribution in [1.82, 2.24) is 30.7 Å². The summed E-state index contributed by atoms with van der Waals surface area (Å²) >= 11 is 3.14. The number of piperidine rings is 1. The highest BCUT2D eigenvalue weighted by molar-refractivity contribution is 9.09. The van der Waals surface area contributed by atoms with Crippen LogP contribution in [0.15, 0.2) is 30.3 Å². The van der Waals surface area contributed by atoms with Gasteiger partial charge in [0.25, 0.3) is 0 Å². The van der Waals surface area contributed by atoms with E-state index < -0.39 is 60.2 Å². The molecule has 3 aliphatic rings. The summed E-state index contributed by atoms with van der Waals surface area (Å²) in [6.45, 7) is 10.4. The average Bonchev–Trinajstić information content (AvgIpc) is 4.06. The molecule has 2 saturated heterocycles. The number of rotatable bonds is 26. The molecule has 3 fully saturated rings. The van der Waals surface area contributed by atoms with Crippen molar-refractivity contribution < 1.29 is 48.1 Å². The Hall–Kier alpha value is -4.09. The Balaban J connectivity index is 1.43. The third kappa shape index (κ3) is 14.0. The first kappa shape index (κ1) is 53.5. The third-order valence-corrected chi connectivity index (χ3v) is 14.5. The molecular formula is C48H75BrN6O10. The highest BCUT2D eigenvalue weighted by Gasteiger charge is 2.52. The number of alkyl halides is 1. The topological polar surface area (TPSA) is 204 Å². The molecule has 1 aliphatic carbocycles. The van der Waals surface area contributed by atoms with E-state index in [4.69, 9.17) is 9.47 Å². The number of aliphatic carboxylic acids is 1. The minimum Gasteiger partial charge on any atom is -0.480 e. The first-order valence-electron chi connectivity index (χ1n) is 23.6. The van der Waals surface area contributed by atoms with E-state index >= 15 is 0 Å². The minimum atomic E-state index is -1.15. The van der Waals surface area contributed by atoms with Crippen LogP contribution in [0.3, 0.4) is 0 Å². The Morgan fingerprint density at radius 3 is 2.25 bits per heavy atom. The zero-order valence-corrected chi connectivity index (χ0v) is 41.3. The summed E-state index contributed by atoms with van der Waals surface area (Å²) in [6.07, 6.45) is 5.50. The third-order valence-electron chi connectivity index (χ3n) is 14.0. The summed E-state index contributed by atoms with van der Waals surface area (Å²) in [5.74, 6) is -3.79. The Kier molecular flexibility index (Phi) is 21.2. The highest BCUT2D eigenvalue weighted by atomic mass is 79.9. The zero-order chi connectivity index (χ0) is 48.0. The molecule has 364 valence electrons. The Labute approximate surface area is 394 Å². The van der Waals surface area contributed by atoms with Crippen LogP contribution >= 0.6 is 15.9 Å². The smallest absolute Gasteiger partial charge is 0.326 e. The quantitative estimate of drug-likeness (QED) is 0.0766. The predicted molar refractivity (Wildman–Crippen MR) is 250 cm³/mol. The predicted octanol–water partition coefficient (Wildman–Crippen LogP) is 4.31. The molecule has 1 aromatic carbocycles. The van der Waals surface area contributed by atoms with Crippen LogP contribution in [0.2, 0.25) is 0 Å². The van der Waals surface area contributed by atoms with Gasteiger partial charge >= 0.3 is 5.97 Å². The van der Waals surface area contributed by atoms with Gasteiger partial charge in [0, 0.05) is 53.2 Å². The van der Waals surface area contributed by atoms with Gasteiger partial charge in [-0.2, -0.15) is 0 Å². The second-order valence-electron chi connectivity index (χ2n) is 18.7. The molecule has 0 spiro atoms. The van der Waals surface area contributed by atoms with E-state index in [9.17, 15) is 38.7 Å². The van der Waals surface area contributed by atoms with E-state index in [0.717, 1.165) is 37.7 Å². The van der Waals surface area contributed by atoms with Crippen molar-refractivity contribution in [3.8, 4) is 0 Å². The van der Waals surface area contributed by atoms with Gasteiger partial charge < -0.3 is 45.2 Å². The van der Waals surface area contributed by atoms with Crippen molar-refractivity contribution in [2.45, 2.75) is 160 Å². The number of hydrogen-bond acceptors (Lipinski definition) is 9. The first-order chi connectivity index (χ1) is 31.0. The number of carbonyl (C=O) groups is 7. The second kappa shape index (κ2) is 25.7. The number of likely N-dealkylation sites (tertiary alicyclic amines) is 2. The van der Waals surface area contributed by atoms with Crippen molar-refractivity contribution in [1.29, 1.82) is 0 Å². The van der Waals surface area contributed by atoms with Gasteiger partial charge in [-0.05, 0) is 68.3 Å². The summed E-state index contributed by atoms with van der Waals surface area (Å²) in [7, 11) is 4.71. The molecule has 1 saturated carbocycles. The zero-order valence-electron chi connectivity index (χ0n) is 39.8. The standard InChI is InChI=1S/C48H75BrN6O10/c1-9-30(4)42(37(64-7)27-40(58)54-24-16-19-36(54)44(65-8)31(5)45(59)51-35(48(62)63)25-32-17-12-10-13-18-32)53(6)47(61)41(29(2)3)52-46(60)43-33-21-22-34(26-33)55(43)39(57)20-14-11-15-23-50-38(56)28-49/h10,12-13,17-18,29-31,33-37,41-44H,9,11,14-16,19-28H2,1-8H3,(H,50,56)(H,51,59)(H,52,60)(H,62,63)/t30-,31+,33-,34-,35-,36-,37+,41-,42-,43-,44+/m0/s1. The number of fused-ring (bicyclic) bond motifs is 2. The molecule has 4 N–H and O–H groups in total. The lowest BCUT2D eigenvalue weighted by Crippen LogP contribution is -2.60. The molecule has 0 radical (unpaired) electrons. The number of ether oxygens (including phenoxy) is 2. The van der Waals surface area contributed by atoms with Crippen molar-refractivity contribution in [3.05, 3.63) is 35.9 Å². The van der Waals surface area contributed by atoms with Gasteiger partial charge in [0.1, 0.15) is 18.1 Å². The molecule has 2 heterocycles. The van der Waals surface area contributed by atoms with Crippen LogP contribution in [0.1, 0.15) is 111 Å². The van der Waals surface area contributed by atoms with Crippen molar-refractivity contribution in [2.24, 2.45) is 23.7 Å². The van der Waals surface area contributed by atoms with Crippen LogP contribution in [-0.2, 0) is 49.5 Å². The maximum atomic E-state index is 14.6. The Morgan fingerprint density at radius 2 is 1.63 bits per heavy atom. The van der Waals surface area contributed by atoms with Crippen LogP contribution in [0.4, 0.5) is 0 Å². The molecule has 11 atom stereocenters. The highest BCUT2D eigenvalue weighted by Crippen LogP contribution is 2.43. The number of unbranched alkanes of at least 4 members (excludes halogenated alkanes) is 2. The number of nitrogens with one attached hydrogen (secondary N) is 3. The largest absolute Gasteiger partial charge is 0.480 e. The number of benzene rings is 1. The first-order valence-corrected chi connectivity index (χ1v) is 24.7. The number of carboxylic acid groups (broad SMARTS) is 1. The van der Waals surface area contributed by atoms with Crippen LogP contribution in [-0.4, -0.2) is 149 Å². The molecule has 65 heavy (non-hydrogen) atoms. The number of hydrogen-bond donors (Lipinski definition) is 4. The SMILES string of the molecule is CC[C@H](C)[C@@H]([C@@H](CC(=O)N1CCC[C@H]1[C@H](OC)[C@@H](C)C(=O)N[C@@H](Cc1ccccc1)C(=O)O)OC)N(C)C(=O)[C@@H](NC(=O)[C@@H]1[C@H]2CC[C@@H](C2)N1C(=O)CCCCCNC(=O)CBr)C(C)C. The van der Waals surface area contributed by atoms with Crippen molar-refractivity contribution in [3.63, 3.8) is 0 Å². The average molecular weight is 976 g/mol. The van der Waals surface area contributed by atoms with Gasteiger partial charge in [-0.15, -0.1) is 0 Å². The summed E-state index contributed by atoms with van der Waals surface area (Å²) in [4.78, 5) is 99.2. The fraction of sp³-hybridized carbons (Fsp3) is 0.729. The number of carbonyl (C=O) groups excluding carboxylic acids is 6. The minimum absolute atomic E-state index is 0.00363. The van der Waals surface area contributed by atoms with Gasteiger partial charge in [0.15, 0.2) is 0 Å². The molecule has 17 heteroatoms. The lowest BCUT2D eigenvalue weighted by Gasteiger charge is -2.41. The summed E-state index contributed by atoms with van der Waals surface area (Å²) in [6, 6.07) is 5.36. The second-order valence-corrected chi connectivity index (χ2v) is 19.2. The van der Waals surface area contributed by atoms with Crippen LogP contribution in [0, 0.1) is 23.7 Å². The van der Waals surface area contributed by atoms with E-state index in [1.165, 1.54) is 14.2 Å². The van der Waals surface area contributed by atoms with E-state index in [0.29, 0.717) is 45.2 Å². The van der Waals surface area contributed by atoms with Crippen LogP contribution < -0.4 is 16.0 Å². The maximum Gasteiger partial charge on any atom is 0.326 e. The normalized spacial score (nSPS) is 22.4. The van der Waals surface area contributed by atoms with Gasteiger partial charge in [-0.25, -0.2) is 4.79 Å². The monoisotopic (exact) mass is 974 g/mol. The molecule has 16 nitrogen and oxygen atoms in total. The van der Waals surface area contributed by atoms with Crippen LogP contribution in [0.5, 0.6) is 0 Å². The molecule has 0 aromatic heterocycles. The van der Waals surface area contributed by atoms with E-state index in [1.54, 1.807) is 40.8 Å². The number of halogens is 1. The summed E-state index contributed by atoms with van der Waals surface area (Å²) < 4.78 is 12.0. The molecule has 2 aliphatic heterocycles. The lowest BCUT2D eigenvalue weighted by atomic mass is 9.89. The number of methoxy groups -OCH3 is 2. The molecule has 4 rings (SSSR count). The molecular weight excluding hydrogens is 900 g/mol. The number of nitrogens with zero attached hydrogens (tertiary/aromatic N) is 3. The molecule has 0 unspecified atom stereocenters. The molecule has 6 amide bonds. The van der Waals surface area contributed by atoms with Gasteiger partial charge in [0.2, 0.25) is 35.4 Å². The Bertz CT molecular complexity index is 1770. The molecule has 2 bridgehead atoms. The Morgan fingerprint density at radius 1 is 0.923 bits per heavy atom. The van der Waals surface area contributed by atoms with E-state index in [2.05, 4.69) is 31.9 Å². The summed E-state index contributed by atoms with van der Waals surface area (Å²) in [5, 5.41) is 18.8.